The number of carbonyl (C=O) groups excluding carboxylic acids is 5. The summed E-state index contributed by atoms with van der Waals surface area (Å²) >= 11 is 0. The Morgan fingerprint density at radius 1 is 1.09 bits per heavy atom. The Balaban J connectivity index is 1.93. The lowest BCUT2D eigenvalue weighted by atomic mass is 9.91. The lowest BCUT2D eigenvalue weighted by Crippen LogP contribution is -2.52. The second kappa shape index (κ2) is 11.1. The molecule has 0 saturated carbocycles. The third-order valence-electron chi connectivity index (χ3n) is 5.76. The molecule has 0 aromatic heterocycles. The Morgan fingerprint density at radius 3 is 2.18 bits per heavy atom. The van der Waals surface area contributed by atoms with Gasteiger partial charge in [-0.25, -0.2) is 4.90 Å². The minimum absolute atomic E-state index is 0.00493. The maximum absolute atomic E-state index is 13.0. The van der Waals surface area contributed by atoms with Crippen LogP contribution >= 0.6 is 0 Å². The third kappa shape index (κ3) is 6.64. The topological polar surface area (TPSA) is 156 Å². The molecule has 1 atom stereocenters. The van der Waals surface area contributed by atoms with Crippen LogP contribution in [0.1, 0.15) is 25.8 Å². The summed E-state index contributed by atoms with van der Waals surface area (Å²) in [6.07, 6.45) is 2.87. The van der Waals surface area contributed by atoms with E-state index in [4.69, 9.17) is 11.5 Å². The van der Waals surface area contributed by atoms with E-state index in [1.807, 2.05) is 0 Å². The molecule has 10 heteroatoms. The summed E-state index contributed by atoms with van der Waals surface area (Å²) in [4.78, 5) is 63.0. The van der Waals surface area contributed by atoms with Crippen molar-refractivity contribution in [2.24, 2.45) is 11.5 Å². The number of hydrogen-bond donors (Lipinski definition) is 3. The second-order valence-electron chi connectivity index (χ2n) is 8.48. The molecule has 3 amide bonds. The van der Waals surface area contributed by atoms with Crippen molar-refractivity contribution in [2.75, 3.05) is 31.6 Å². The molecule has 0 saturated heterocycles. The van der Waals surface area contributed by atoms with Gasteiger partial charge < -0.3 is 11.5 Å². The molecule has 1 heterocycles. The van der Waals surface area contributed by atoms with E-state index in [1.165, 1.54) is 12.2 Å². The van der Waals surface area contributed by atoms with Crippen molar-refractivity contribution in [3.05, 3.63) is 42.0 Å². The largest absolute Gasteiger partial charge is 0.368 e. The number of anilines is 1. The molecule has 0 radical (unpaired) electrons. The van der Waals surface area contributed by atoms with Gasteiger partial charge >= 0.3 is 0 Å². The van der Waals surface area contributed by atoms with Gasteiger partial charge in [0.15, 0.2) is 11.6 Å². The number of hydrogen-bond acceptors (Lipinski definition) is 8. The molecule has 1 unspecified atom stereocenters. The van der Waals surface area contributed by atoms with Crippen LogP contribution in [-0.4, -0.2) is 72.5 Å². The summed E-state index contributed by atoms with van der Waals surface area (Å²) in [6.45, 7) is 3.67. The van der Waals surface area contributed by atoms with Crippen molar-refractivity contribution < 1.29 is 24.0 Å². The van der Waals surface area contributed by atoms with Crippen LogP contribution in [0.5, 0.6) is 0 Å². The lowest BCUT2D eigenvalue weighted by Gasteiger charge is -2.34. The summed E-state index contributed by atoms with van der Waals surface area (Å²) < 4.78 is 0. The molecular weight excluding hydrogens is 426 g/mol. The number of amides is 3. The zero-order chi connectivity index (χ0) is 24.8. The van der Waals surface area contributed by atoms with Crippen LogP contribution < -0.4 is 21.7 Å². The van der Waals surface area contributed by atoms with E-state index in [-0.39, 0.29) is 37.6 Å². The first-order chi connectivity index (χ1) is 15.5. The smallest absolute Gasteiger partial charge is 0.258 e. The van der Waals surface area contributed by atoms with Crippen LogP contribution in [0.25, 0.3) is 0 Å². The Labute approximate surface area is 192 Å². The third-order valence-corrected chi connectivity index (χ3v) is 5.76. The standard InChI is InChI=1S/C23H31N5O5/c1-23(2,27(3)14-17(29)13-26-18(10-11-24)22(25)33)19(30)12-15-4-6-16(7-5-15)28-20(31)8-9-21(28)32/h4-9,18,26H,10-14,24H2,1-3H3,(H2,25,33). The number of primary amides is 1. The van der Waals surface area contributed by atoms with Crippen LogP contribution in [0, 0.1) is 0 Å². The van der Waals surface area contributed by atoms with Crippen molar-refractivity contribution >= 4 is 35.0 Å². The quantitative estimate of drug-likeness (QED) is 0.328. The normalized spacial score (nSPS) is 14.8. The SMILES string of the molecule is CN(CC(=O)CNC(CCN)C(N)=O)C(C)(C)C(=O)Cc1ccc(N2C(=O)C=CC2=O)cc1. The molecule has 0 bridgehead atoms. The average molecular weight is 458 g/mol. The highest BCUT2D eigenvalue weighted by atomic mass is 16.2. The first-order valence-electron chi connectivity index (χ1n) is 10.6. The zero-order valence-corrected chi connectivity index (χ0v) is 19.2. The zero-order valence-electron chi connectivity index (χ0n) is 19.2. The van der Waals surface area contributed by atoms with Gasteiger partial charge in [-0.05, 0) is 51.6 Å². The van der Waals surface area contributed by atoms with Crippen LogP contribution in [0.4, 0.5) is 5.69 Å². The number of Topliss-reactive ketones (excluding diaryl/α,β-unsaturated/α-hetero) is 2. The summed E-state index contributed by atoms with van der Waals surface area (Å²) in [5.74, 6) is -1.68. The number of nitrogens with two attached hydrogens (primary N) is 2. The van der Waals surface area contributed by atoms with E-state index in [9.17, 15) is 24.0 Å². The van der Waals surface area contributed by atoms with E-state index < -0.39 is 29.3 Å². The van der Waals surface area contributed by atoms with E-state index in [0.717, 1.165) is 10.5 Å². The Kier molecular flexibility index (Phi) is 8.75. The van der Waals surface area contributed by atoms with Crippen molar-refractivity contribution in [3.63, 3.8) is 0 Å². The van der Waals surface area contributed by atoms with Gasteiger partial charge in [-0.1, -0.05) is 12.1 Å². The van der Waals surface area contributed by atoms with Gasteiger partial charge in [-0.15, -0.1) is 0 Å². The van der Waals surface area contributed by atoms with Crippen LogP contribution in [0.3, 0.4) is 0 Å². The number of likely N-dealkylation sites (N-methyl/N-ethyl adjacent to an activating group) is 1. The van der Waals surface area contributed by atoms with Gasteiger partial charge in [0.05, 0.1) is 30.4 Å². The highest BCUT2D eigenvalue weighted by Crippen LogP contribution is 2.21. The molecule has 0 aliphatic carbocycles. The maximum Gasteiger partial charge on any atom is 0.258 e. The van der Waals surface area contributed by atoms with E-state index in [2.05, 4.69) is 5.32 Å². The summed E-state index contributed by atoms with van der Waals surface area (Å²) in [7, 11) is 1.68. The molecule has 1 aliphatic rings. The van der Waals surface area contributed by atoms with E-state index in [0.29, 0.717) is 12.1 Å². The van der Waals surface area contributed by atoms with Crippen LogP contribution in [0.15, 0.2) is 36.4 Å². The average Bonchev–Trinajstić information content (AvgIpc) is 3.09. The molecule has 10 nitrogen and oxygen atoms in total. The van der Waals surface area contributed by atoms with Gasteiger partial charge in [0, 0.05) is 18.6 Å². The minimum Gasteiger partial charge on any atom is -0.368 e. The monoisotopic (exact) mass is 457 g/mol. The maximum atomic E-state index is 13.0. The summed E-state index contributed by atoms with van der Waals surface area (Å²) in [6, 6.07) is 5.95. The number of rotatable bonds is 13. The van der Waals surface area contributed by atoms with Gasteiger partial charge in [0.1, 0.15) is 0 Å². The fourth-order valence-corrected chi connectivity index (χ4v) is 3.30. The van der Waals surface area contributed by atoms with Gasteiger partial charge in [-0.3, -0.25) is 34.2 Å². The van der Waals surface area contributed by atoms with Crippen LogP contribution in [-0.2, 0) is 30.4 Å². The van der Waals surface area contributed by atoms with Crippen molar-refractivity contribution in [1.29, 1.82) is 0 Å². The molecule has 1 aromatic carbocycles. The molecule has 0 fully saturated rings. The fraction of sp³-hybridized carbons (Fsp3) is 0.435. The van der Waals surface area contributed by atoms with Gasteiger partial charge in [-0.2, -0.15) is 0 Å². The number of imide groups is 1. The molecule has 2 rings (SSSR count). The lowest BCUT2D eigenvalue weighted by molar-refractivity contribution is -0.130. The summed E-state index contributed by atoms with van der Waals surface area (Å²) in [5.41, 5.74) is 11.0. The number of nitrogens with zero attached hydrogens (tertiary/aromatic N) is 2. The number of nitrogens with one attached hydrogen (secondary N) is 1. The highest BCUT2D eigenvalue weighted by molar-refractivity contribution is 6.28. The Morgan fingerprint density at radius 2 is 1.67 bits per heavy atom. The molecule has 33 heavy (non-hydrogen) atoms. The van der Waals surface area contributed by atoms with E-state index in [1.54, 1.807) is 50.1 Å². The van der Waals surface area contributed by atoms with Crippen molar-refractivity contribution in [1.82, 2.24) is 10.2 Å². The summed E-state index contributed by atoms with van der Waals surface area (Å²) in [5, 5.41) is 2.81. The number of benzene rings is 1. The predicted octanol–water partition coefficient (Wildman–Crippen LogP) is -0.701. The Hall–Kier alpha value is -3.21. The Bertz CT molecular complexity index is 936. The van der Waals surface area contributed by atoms with Gasteiger partial charge in [0.25, 0.3) is 11.8 Å². The van der Waals surface area contributed by atoms with Crippen molar-refractivity contribution in [2.45, 2.75) is 38.3 Å². The molecule has 1 aromatic rings. The second-order valence-corrected chi connectivity index (χ2v) is 8.48. The molecule has 5 N–H and O–H groups in total. The molecular formula is C23H31N5O5. The first kappa shape index (κ1) is 26.0. The van der Waals surface area contributed by atoms with Gasteiger partial charge in [0.2, 0.25) is 5.91 Å². The van der Waals surface area contributed by atoms with Crippen molar-refractivity contribution in [3.8, 4) is 0 Å². The molecule has 1 aliphatic heterocycles. The van der Waals surface area contributed by atoms with E-state index >= 15 is 0 Å². The minimum atomic E-state index is -0.931. The predicted molar refractivity (Wildman–Crippen MR) is 123 cm³/mol. The molecule has 178 valence electrons. The number of carbonyl (C=O) groups is 5. The fourth-order valence-electron chi connectivity index (χ4n) is 3.30. The highest BCUT2D eigenvalue weighted by Gasteiger charge is 2.33. The first-order valence-corrected chi connectivity index (χ1v) is 10.6. The van der Waals surface area contributed by atoms with Crippen LogP contribution in [0.2, 0.25) is 0 Å². The number of ketones is 2. The molecule has 0 spiro atoms.